The second kappa shape index (κ2) is 8.28. The summed E-state index contributed by atoms with van der Waals surface area (Å²) in [5.41, 5.74) is 1.45. The van der Waals surface area contributed by atoms with Crippen molar-refractivity contribution >= 4 is 39.2 Å². The monoisotopic (exact) mass is 443 g/mol. The Morgan fingerprint density at radius 2 is 2.23 bits per heavy atom. The summed E-state index contributed by atoms with van der Waals surface area (Å²) in [6, 6.07) is 7.73. The molecule has 1 aliphatic rings. The molecule has 3 rings (SSSR count). The van der Waals surface area contributed by atoms with Crippen LogP contribution in [0.3, 0.4) is 0 Å². The third-order valence-corrected chi connectivity index (χ3v) is 5.88. The Morgan fingerprint density at radius 3 is 2.92 bits per heavy atom. The Labute approximate surface area is 165 Å². The lowest BCUT2D eigenvalue weighted by molar-refractivity contribution is -0.155. The predicted octanol–water partition coefficient (Wildman–Crippen LogP) is 4.01. The number of benzene rings is 1. The van der Waals surface area contributed by atoms with Crippen LogP contribution in [0.4, 0.5) is 4.39 Å². The number of hydrogen-bond donors (Lipinski definition) is 0. The summed E-state index contributed by atoms with van der Waals surface area (Å²) in [7, 11) is 0. The molecule has 0 spiro atoms. The van der Waals surface area contributed by atoms with Crippen LogP contribution in [0.25, 0.3) is 0 Å². The highest BCUT2D eigenvalue weighted by atomic mass is 79.9. The maximum atomic E-state index is 13.4. The third-order valence-electron chi connectivity index (χ3n) is 4.05. The van der Waals surface area contributed by atoms with Crippen molar-refractivity contribution < 1.29 is 26.2 Å². The highest BCUT2D eigenvalue weighted by Crippen LogP contribution is 2.37. The molecule has 1 aromatic heterocycles. The molecule has 138 valence electrons. The van der Waals surface area contributed by atoms with Gasteiger partial charge in [-0.1, -0.05) is 34.1 Å². The van der Waals surface area contributed by atoms with Crippen molar-refractivity contribution in [1.82, 2.24) is 4.90 Å². The first kappa shape index (κ1) is 16.4. The average molecular weight is 444 g/mol. The Morgan fingerprint density at radius 1 is 1.46 bits per heavy atom. The maximum absolute atomic E-state index is 13.4. The standard InChI is InChI=1S/C18H17BrFNO4S/c1-11(22)25-16-8-12-9-21(7-6-15(12)26-16)17(18(23)24-10-20)13-4-2-3-5-14(13)19/h2-5,8,17H,6-7,9-10H2,1H3/t17-/m0/s1/i10D2. The first-order valence-corrected chi connectivity index (χ1v) is 9.45. The lowest BCUT2D eigenvalue weighted by atomic mass is 10.0. The van der Waals surface area contributed by atoms with E-state index in [0.717, 1.165) is 10.4 Å². The van der Waals surface area contributed by atoms with Gasteiger partial charge in [-0.25, -0.2) is 9.18 Å². The van der Waals surface area contributed by atoms with Gasteiger partial charge in [0.1, 0.15) is 8.78 Å². The molecule has 0 aliphatic carbocycles. The molecule has 0 unspecified atom stereocenters. The first-order valence-electron chi connectivity index (χ1n) is 8.84. The lowest BCUT2D eigenvalue weighted by Crippen LogP contribution is -2.38. The van der Waals surface area contributed by atoms with Crippen molar-refractivity contribution in [3.8, 4) is 5.06 Å². The van der Waals surface area contributed by atoms with Crippen molar-refractivity contribution in [3.63, 3.8) is 0 Å². The van der Waals surface area contributed by atoms with Gasteiger partial charge in [0, 0.05) is 29.4 Å². The molecule has 0 fully saturated rings. The van der Waals surface area contributed by atoms with E-state index >= 15 is 0 Å². The molecule has 2 aromatic rings. The second-order valence-electron chi connectivity index (χ2n) is 5.75. The number of thiophene rings is 1. The molecule has 0 saturated heterocycles. The molecular formula is C18H17BrFNO4S. The molecule has 5 nitrogen and oxygen atoms in total. The Balaban J connectivity index is 1.91. The van der Waals surface area contributed by atoms with Crippen molar-refractivity contribution in [2.45, 2.75) is 25.9 Å². The van der Waals surface area contributed by atoms with E-state index in [0.29, 0.717) is 34.6 Å². The number of ether oxygens (including phenoxy) is 2. The quantitative estimate of drug-likeness (QED) is 0.653. The molecule has 26 heavy (non-hydrogen) atoms. The summed E-state index contributed by atoms with van der Waals surface area (Å²) in [6.07, 6.45) is 0.609. The minimum absolute atomic E-state index is 0.351. The van der Waals surface area contributed by atoms with Gasteiger partial charge < -0.3 is 9.47 Å². The Kier molecular flexibility index (Phi) is 5.23. The fourth-order valence-corrected chi connectivity index (χ4v) is 4.56. The summed E-state index contributed by atoms with van der Waals surface area (Å²) in [5.74, 6) is -1.42. The molecule has 0 amide bonds. The van der Waals surface area contributed by atoms with Crippen LogP contribution >= 0.6 is 27.3 Å². The number of carbonyl (C=O) groups excluding carboxylic acids is 2. The number of fused-ring (bicyclic) bond motifs is 1. The molecule has 1 atom stereocenters. The van der Waals surface area contributed by atoms with Crippen LogP contribution in [0.2, 0.25) is 0 Å². The molecular weight excluding hydrogens is 425 g/mol. The Bertz CT molecular complexity index is 902. The summed E-state index contributed by atoms with van der Waals surface area (Å²) in [6.45, 7) is -1.41. The maximum Gasteiger partial charge on any atom is 0.330 e. The summed E-state index contributed by atoms with van der Waals surface area (Å²) >= 11 is 4.78. The molecule has 1 aliphatic heterocycles. The van der Waals surface area contributed by atoms with Gasteiger partial charge in [0.25, 0.3) is 0 Å². The van der Waals surface area contributed by atoms with Crippen LogP contribution in [0.1, 0.15) is 31.7 Å². The van der Waals surface area contributed by atoms with E-state index in [4.69, 9.17) is 7.48 Å². The highest BCUT2D eigenvalue weighted by molar-refractivity contribution is 9.10. The smallest absolute Gasteiger partial charge is 0.330 e. The van der Waals surface area contributed by atoms with E-state index < -0.39 is 24.8 Å². The van der Waals surface area contributed by atoms with Crippen molar-refractivity contribution in [1.29, 1.82) is 0 Å². The summed E-state index contributed by atoms with van der Waals surface area (Å²) in [4.78, 5) is 26.7. The van der Waals surface area contributed by atoms with Crippen LogP contribution in [-0.4, -0.2) is 30.2 Å². The van der Waals surface area contributed by atoms with E-state index in [-0.39, 0.29) is 0 Å². The zero-order valence-electron chi connectivity index (χ0n) is 15.8. The summed E-state index contributed by atoms with van der Waals surface area (Å²) < 4.78 is 37.4. The van der Waals surface area contributed by atoms with Gasteiger partial charge in [-0.05, 0) is 29.7 Å². The summed E-state index contributed by atoms with van der Waals surface area (Å²) in [5, 5.41) is 0.486. The number of hydrogen-bond acceptors (Lipinski definition) is 6. The highest BCUT2D eigenvalue weighted by Gasteiger charge is 2.33. The number of alkyl halides is 1. The third kappa shape index (κ3) is 4.13. The molecule has 2 heterocycles. The molecule has 1 aromatic carbocycles. The molecule has 0 bridgehead atoms. The molecule has 0 saturated carbocycles. The zero-order chi connectivity index (χ0) is 20.5. The largest absolute Gasteiger partial charge is 0.432 e. The van der Waals surface area contributed by atoms with E-state index in [2.05, 4.69) is 20.7 Å². The minimum atomic E-state index is -3.57. The van der Waals surface area contributed by atoms with Gasteiger partial charge in [0.15, 0.2) is 5.06 Å². The predicted molar refractivity (Wildman–Crippen MR) is 98.7 cm³/mol. The number of nitrogens with zero attached hydrogens (tertiary/aromatic N) is 1. The van der Waals surface area contributed by atoms with Crippen molar-refractivity contribution in [2.75, 3.05) is 13.4 Å². The van der Waals surface area contributed by atoms with E-state index in [1.54, 1.807) is 35.2 Å². The van der Waals surface area contributed by atoms with E-state index in [9.17, 15) is 14.0 Å². The van der Waals surface area contributed by atoms with Crippen molar-refractivity contribution in [2.24, 2.45) is 0 Å². The SMILES string of the molecule is [2H]C([2H])(F)OC(=O)[C@H](c1ccccc1Br)N1CCc2sc(OC(C)=O)cc2C1. The number of rotatable bonds is 5. The van der Waals surface area contributed by atoms with Crippen molar-refractivity contribution in [3.05, 3.63) is 50.8 Å². The average Bonchev–Trinajstić information content (AvgIpc) is 2.96. The normalized spacial score (nSPS) is 16.9. The van der Waals surface area contributed by atoms with Crippen LogP contribution in [0, 0.1) is 0 Å². The van der Waals surface area contributed by atoms with Gasteiger partial charge in [-0.3, -0.25) is 9.69 Å². The zero-order valence-corrected chi connectivity index (χ0v) is 16.2. The first-order chi connectivity index (χ1) is 13.1. The van der Waals surface area contributed by atoms with E-state index in [1.165, 1.54) is 18.3 Å². The van der Waals surface area contributed by atoms with Gasteiger partial charge >= 0.3 is 11.9 Å². The van der Waals surface area contributed by atoms with Crippen LogP contribution < -0.4 is 4.74 Å². The Hall–Kier alpha value is -1.77. The second-order valence-corrected chi connectivity index (χ2v) is 7.70. The molecule has 0 N–H and O–H groups in total. The van der Waals surface area contributed by atoms with Crippen LogP contribution in [-0.2, 0) is 27.3 Å². The van der Waals surface area contributed by atoms with E-state index in [1.807, 2.05) is 0 Å². The topological polar surface area (TPSA) is 55.8 Å². The number of carbonyl (C=O) groups is 2. The minimum Gasteiger partial charge on any atom is -0.432 e. The fourth-order valence-electron chi connectivity index (χ4n) is 3.00. The number of esters is 2. The number of halogens is 2. The van der Waals surface area contributed by atoms with Gasteiger partial charge in [-0.15, -0.1) is 11.3 Å². The van der Waals surface area contributed by atoms with Gasteiger partial charge in [0.2, 0.25) is 6.81 Å². The van der Waals surface area contributed by atoms with Crippen LogP contribution in [0.15, 0.2) is 34.8 Å². The lowest BCUT2D eigenvalue weighted by Gasteiger charge is -2.33. The molecule has 8 heteroatoms. The van der Waals surface area contributed by atoms with Gasteiger partial charge in [-0.2, -0.15) is 0 Å². The van der Waals surface area contributed by atoms with Gasteiger partial charge in [0.05, 0.1) is 0 Å². The van der Waals surface area contributed by atoms with Crippen LogP contribution in [0.5, 0.6) is 5.06 Å². The molecule has 0 radical (unpaired) electrons. The fraction of sp³-hybridized carbons (Fsp3) is 0.333.